The number of thiophene rings is 1. The average Bonchev–Trinajstić information content (AvgIpc) is 3.33. The summed E-state index contributed by atoms with van der Waals surface area (Å²) < 4.78 is 13.2. The zero-order valence-corrected chi connectivity index (χ0v) is 18.6. The molecule has 2 aromatic heterocycles. The molecule has 0 atom stereocenters. The van der Waals surface area contributed by atoms with Gasteiger partial charge in [0.15, 0.2) is 0 Å². The molecular formula is C22H32N4O3S. The Morgan fingerprint density at radius 3 is 2.20 bits per heavy atom. The molecule has 0 saturated carbocycles. The number of likely N-dealkylation sites (tertiary alicyclic amines) is 1. The summed E-state index contributed by atoms with van der Waals surface area (Å²) in [4.78, 5) is 16.9. The quantitative estimate of drug-likeness (QED) is 0.802. The van der Waals surface area contributed by atoms with Gasteiger partial charge in [-0.3, -0.25) is 9.48 Å². The summed E-state index contributed by atoms with van der Waals surface area (Å²) in [7, 11) is 0. The third-order valence-corrected chi connectivity index (χ3v) is 8.37. The normalized spacial score (nSPS) is 23.4. The van der Waals surface area contributed by atoms with E-state index in [2.05, 4.69) is 16.5 Å². The van der Waals surface area contributed by atoms with Gasteiger partial charge in [0.2, 0.25) is 0 Å². The van der Waals surface area contributed by atoms with E-state index >= 15 is 0 Å². The van der Waals surface area contributed by atoms with Gasteiger partial charge in [0.1, 0.15) is 4.83 Å². The first kappa shape index (κ1) is 20.4. The summed E-state index contributed by atoms with van der Waals surface area (Å²) in [6.45, 7) is 7.55. The van der Waals surface area contributed by atoms with Crippen LogP contribution in [0.4, 0.5) is 0 Å². The fraction of sp³-hybridized carbons (Fsp3) is 0.727. The number of ether oxygens (including phenoxy) is 2. The number of nitrogens with zero attached hydrogens (tertiary/aromatic N) is 3. The summed E-state index contributed by atoms with van der Waals surface area (Å²) in [6.07, 6.45) is 6.36. The molecule has 7 nitrogen and oxygen atoms in total. The minimum Gasteiger partial charge on any atom is -0.381 e. The highest BCUT2D eigenvalue weighted by Crippen LogP contribution is 2.43. The second kappa shape index (κ2) is 8.57. The number of primary amides is 1. The minimum absolute atomic E-state index is 0.295. The van der Waals surface area contributed by atoms with Crippen LogP contribution in [0.1, 0.15) is 71.4 Å². The summed E-state index contributed by atoms with van der Waals surface area (Å²) in [5, 5.41) is 6.10. The number of hydrogen-bond donors (Lipinski definition) is 1. The molecule has 1 amide bonds. The predicted octanol–water partition coefficient (Wildman–Crippen LogP) is 3.22. The van der Waals surface area contributed by atoms with E-state index in [0.29, 0.717) is 18.0 Å². The topological polar surface area (TPSA) is 82.6 Å². The fourth-order valence-corrected chi connectivity index (χ4v) is 6.87. The van der Waals surface area contributed by atoms with Crippen molar-refractivity contribution in [2.24, 2.45) is 5.73 Å². The van der Waals surface area contributed by atoms with E-state index in [4.69, 9.17) is 20.3 Å². The molecular weight excluding hydrogens is 400 g/mol. The standard InChI is InChI=1S/C22H32N4O3S/c1-14-18-19(15-2-8-25(9-3-15)16-4-10-28-11-5-16)20(21(23)27)30-22(18)26(24-14)17-6-12-29-13-7-17/h15-17H,2-13H2,1H3,(H2,23,27). The van der Waals surface area contributed by atoms with Crippen molar-refractivity contribution in [3.05, 3.63) is 16.1 Å². The van der Waals surface area contributed by atoms with Crippen LogP contribution in [0, 0.1) is 6.92 Å². The maximum atomic E-state index is 12.4. The Kier molecular flexibility index (Phi) is 5.84. The molecule has 3 aliphatic rings. The van der Waals surface area contributed by atoms with Crippen LogP contribution in [0.25, 0.3) is 10.2 Å². The van der Waals surface area contributed by atoms with E-state index in [1.807, 2.05) is 0 Å². The third kappa shape index (κ3) is 3.68. The van der Waals surface area contributed by atoms with Gasteiger partial charge in [-0.15, -0.1) is 11.3 Å². The van der Waals surface area contributed by atoms with E-state index in [0.717, 1.165) is 93.4 Å². The monoisotopic (exact) mass is 432 g/mol. The highest BCUT2D eigenvalue weighted by atomic mass is 32.1. The highest BCUT2D eigenvalue weighted by molar-refractivity contribution is 7.20. The molecule has 0 aliphatic carbocycles. The smallest absolute Gasteiger partial charge is 0.259 e. The van der Waals surface area contributed by atoms with Crippen molar-refractivity contribution < 1.29 is 14.3 Å². The summed E-state index contributed by atoms with van der Waals surface area (Å²) in [6, 6.07) is 0.994. The van der Waals surface area contributed by atoms with E-state index in [1.165, 1.54) is 10.9 Å². The number of hydrogen-bond acceptors (Lipinski definition) is 6. The minimum atomic E-state index is -0.295. The Bertz CT molecular complexity index is 903. The lowest BCUT2D eigenvalue weighted by molar-refractivity contribution is 0.0252. The summed E-state index contributed by atoms with van der Waals surface area (Å²) in [5.74, 6) is 0.0827. The molecule has 0 spiro atoms. The van der Waals surface area contributed by atoms with E-state index < -0.39 is 0 Å². The largest absolute Gasteiger partial charge is 0.381 e. The molecule has 2 aromatic rings. The number of rotatable bonds is 4. The van der Waals surface area contributed by atoms with Gasteiger partial charge in [-0.25, -0.2) is 0 Å². The Hall–Kier alpha value is -1.48. The lowest BCUT2D eigenvalue weighted by Gasteiger charge is -2.39. The maximum Gasteiger partial charge on any atom is 0.259 e. The Morgan fingerprint density at radius 1 is 1.00 bits per heavy atom. The van der Waals surface area contributed by atoms with Crippen LogP contribution >= 0.6 is 11.3 Å². The van der Waals surface area contributed by atoms with Gasteiger partial charge in [0.25, 0.3) is 5.91 Å². The molecule has 0 bridgehead atoms. The van der Waals surface area contributed by atoms with Crippen LogP contribution in [-0.4, -0.2) is 66.1 Å². The zero-order valence-electron chi connectivity index (χ0n) is 17.8. The van der Waals surface area contributed by atoms with Crippen LogP contribution in [0.3, 0.4) is 0 Å². The number of carbonyl (C=O) groups excluding carboxylic acids is 1. The van der Waals surface area contributed by atoms with E-state index in [1.54, 1.807) is 11.3 Å². The summed E-state index contributed by atoms with van der Waals surface area (Å²) >= 11 is 1.55. The molecule has 5 rings (SSSR count). The molecule has 0 radical (unpaired) electrons. The number of fused-ring (bicyclic) bond motifs is 1. The molecule has 3 fully saturated rings. The van der Waals surface area contributed by atoms with E-state index in [-0.39, 0.29) is 5.91 Å². The van der Waals surface area contributed by atoms with Gasteiger partial charge in [0, 0.05) is 37.9 Å². The SMILES string of the molecule is Cc1nn(C2CCOCC2)c2sc(C(N)=O)c(C3CCN(C4CCOCC4)CC3)c12. The molecule has 0 unspecified atom stereocenters. The Labute approximate surface area is 181 Å². The molecule has 164 valence electrons. The molecule has 8 heteroatoms. The van der Waals surface area contributed by atoms with Gasteiger partial charge in [-0.1, -0.05) is 0 Å². The van der Waals surface area contributed by atoms with Crippen molar-refractivity contribution in [3.63, 3.8) is 0 Å². The number of nitrogens with two attached hydrogens (primary N) is 1. The number of carbonyl (C=O) groups is 1. The molecule has 2 N–H and O–H groups in total. The van der Waals surface area contributed by atoms with Crippen molar-refractivity contribution in [1.29, 1.82) is 0 Å². The van der Waals surface area contributed by atoms with Crippen LogP contribution in [0.5, 0.6) is 0 Å². The number of piperidine rings is 1. The second-order valence-corrected chi connectivity index (χ2v) is 9.92. The maximum absolute atomic E-state index is 12.4. The molecule has 3 saturated heterocycles. The van der Waals surface area contributed by atoms with Gasteiger partial charge >= 0.3 is 0 Å². The third-order valence-electron chi connectivity index (χ3n) is 7.16. The van der Waals surface area contributed by atoms with Gasteiger partial charge in [0.05, 0.1) is 16.6 Å². The highest BCUT2D eigenvalue weighted by Gasteiger charge is 2.33. The first-order valence-corrected chi connectivity index (χ1v) is 12.2. The fourth-order valence-electron chi connectivity index (χ4n) is 5.55. The lowest BCUT2D eigenvalue weighted by atomic mass is 9.86. The first-order valence-electron chi connectivity index (χ1n) is 11.3. The van der Waals surface area contributed by atoms with Crippen LogP contribution in [-0.2, 0) is 9.47 Å². The molecule has 3 aliphatic heterocycles. The Balaban J connectivity index is 1.44. The number of aromatic nitrogens is 2. The molecule has 30 heavy (non-hydrogen) atoms. The van der Waals surface area contributed by atoms with Gasteiger partial charge in [-0.2, -0.15) is 5.10 Å². The number of amides is 1. The van der Waals surface area contributed by atoms with Crippen LogP contribution in [0.15, 0.2) is 0 Å². The second-order valence-electron chi connectivity index (χ2n) is 8.92. The summed E-state index contributed by atoms with van der Waals surface area (Å²) in [5.41, 5.74) is 8.07. The van der Waals surface area contributed by atoms with Crippen molar-refractivity contribution in [2.45, 2.75) is 63.5 Å². The first-order chi connectivity index (χ1) is 14.6. The lowest BCUT2D eigenvalue weighted by Crippen LogP contribution is -2.43. The van der Waals surface area contributed by atoms with Gasteiger partial charge < -0.3 is 20.1 Å². The number of aryl methyl sites for hydroxylation is 1. The van der Waals surface area contributed by atoms with Crippen molar-refractivity contribution in [2.75, 3.05) is 39.5 Å². The van der Waals surface area contributed by atoms with Crippen molar-refractivity contribution in [1.82, 2.24) is 14.7 Å². The zero-order chi connectivity index (χ0) is 20.7. The predicted molar refractivity (Wildman–Crippen MR) is 117 cm³/mol. The van der Waals surface area contributed by atoms with Crippen molar-refractivity contribution in [3.8, 4) is 0 Å². The molecule has 0 aromatic carbocycles. The van der Waals surface area contributed by atoms with Crippen LogP contribution < -0.4 is 5.73 Å². The van der Waals surface area contributed by atoms with E-state index in [9.17, 15) is 4.79 Å². The van der Waals surface area contributed by atoms with Gasteiger partial charge in [-0.05, 0) is 70.0 Å². The average molecular weight is 433 g/mol. The van der Waals surface area contributed by atoms with Crippen LogP contribution in [0.2, 0.25) is 0 Å². The molecule has 5 heterocycles. The Morgan fingerprint density at radius 2 is 1.60 bits per heavy atom. The van der Waals surface area contributed by atoms with Crippen molar-refractivity contribution >= 4 is 27.5 Å².